The van der Waals surface area contributed by atoms with Crippen LogP contribution in [0.2, 0.25) is 10.0 Å². The van der Waals surface area contributed by atoms with Crippen molar-refractivity contribution in [2.75, 3.05) is 10.8 Å². The van der Waals surface area contributed by atoms with Gasteiger partial charge in [-0.25, -0.2) is 8.42 Å². The van der Waals surface area contributed by atoms with Gasteiger partial charge in [-0.2, -0.15) is 13.2 Å². The monoisotopic (exact) mass is 629 g/mol. The number of hydrogen-bond donors (Lipinski definition) is 1. The third kappa shape index (κ3) is 8.15. The number of amides is 2. The van der Waals surface area contributed by atoms with Crippen LogP contribution in [-0.2, 0) is 32.3 Å². The van der Waals surface area contributed by atoms with Crippen molar-refractivity contribution in [2.24, 2.45) is 0 Å². The van der Waals surface area contributed by atoms with E-state index in [9.17, 15) is 31.2 Å². The molecule has 0 fully saturated rings. The number of alkyl halides is 3. The topological polar surface area (TPSA) is 86.8 Å². The molecule has 0 aliphatic carbocycles. The van der Waals surface area contributed by atoms with E-state index in [1.165, 1.54) is 37.3 Å². The summed E-state index contributed by atoms with van der Waals surface area (Å²) < 4.78 is 68.6. The van der Waals surface area contributed by atoms with Gasteiger partial charge in [-0.1, -0.05) is 53.5 Å². The number of carbonyl (C=O) groups excluding carboxylic acids is 2. The lowest BCUT2D eigenvalue weighted by Gasteiger charge is -2.32. The molecule has 41 heavy (non-hydrogen) atoms. The molecule has 13 heteroatoms. The minimum Gasteiger partial charge on any atom is -0.352 e. The highest BCUT2D eigenvalue weighted by Gasteiger charge is 2.35. The van der Waals surface area contributed by atoms with E-state index in [-0.39, 0.29) is 28.2 Å². The summed E-state index contributed by atoms with van der Waals surface area (Å²) in [6.45, 7) is 3.81. The van der Waals surface area contributed by atoms with Crippen molar-refractivity contribution >= 4 is 50.7 Å². The van der Waals surface area contributed by atoms with Crippen molar-refractivity contribution in [3.63, 3.8) is 0 Å². The number of halogens is 5. The van der Waals surface area contributed by atoms with E-state index >= 15 is 0 Å². The third-order valence-corrected chi connectivity index (χ3v) is 8.40. The number of hydrogen-bond acceptors (Lipinski definition) is 4. The van der Waals surface area contributed by atoms with Crippen molar-refractivity contribution in [3.05, 3.63) is 94.0 Å². The van der Waals surface area contributed by atoms with Crippen LogP contribution in [-0.4, -0.2) is 43.8 Å². The Morgan fingerprint density at radius 3 is 2.17 bits per heavy atom. The van der Waals surface area contributed by atoms with E-state index in [1.54, 1.807) is 32.0 Å². The van der Waals surface area contributed by atoms with Gasteiger partial charge in [0, 0.05) is 22.6 Å². The van der Waals surface area contributed by atoms with E-state index in [1.807, 2.05) is 0 Å². The van der Waals surface area contributed by atoms with Gasteiger partial charge in [-0.15, -0.1) is 0 Å². The molecule has 0 aromatic heterocycles. The van der Waals surface area contributed by atoms with Crippen LogP contribution in [0.3, 0.4) is 0 Å². The lowest BCUT2D eigenvalue weighted by molar-refractivity contribution is -0.139. The Morgan fingerprint density at radius 2 is 1.59 bits per heavy atom. The highest BCUT2D eigenvalue weighted by Crippen LogP contribution is 2.33. The Bertz CT molecular complexity index is 1500. The number of anilines is 1. The third-order valence-electron chi connectivity index (χ3n) is 6.03. The molecule has 3 aromatic rings. The van der Waals surface area contributed by atoms with Gasteiger partial charge >= 0.3 is 6.18 Å². The van der Waals surface area contributed by atoms with Crippen LogP contribution < -0.4 is 9.62 Å². The molecule has 2 amide bonds. The minimum atomic E-state index is -4.76. The molecule has 0 aliphatic rings. The van der Waals surface area contributed by atoms with Gasteiger partial charge in [0.2, 0.25) is 11.8 Å². The summed E-state index contributed by atoms with van der Waals surface area (Å²) >= 11 is 12.3. The van der Waals surface area contributed by atoms with Crippen LogP contribution in [0.4, 0.5) is 18.9 Å². The molecule has 0 aliphatic heterocycles. The molecule has 0 spiro atoms. The van der Waals surface area contributed by atoms with Gasteiger partial charge in [0.05, 0.1) is 16.1 Å². The quantitative estimate of drug-likeness (QED) is 0.291. The standard InChI is InChI=1S/C28H28Cl2F3N3O4S/c1-18(2)34-27(38)19(3)35(16-20-12-13-22(29)15-25(20)30)26(37)17-36(41(39,40)24-10-5-4-6-11-24)23-9-7-8-21(14-23)28(31,32)33/h4-15,18-19H,16-17H2,1-3H3,(H,34,38). The highest BCUT2D eigenvalue weighted by molar-refractivity contribution is 7.92. The van der Waals surface area contributed by atoms with Crippen LogP contribution in [0, 0.1) is 0 Å². The predicted octanol–water partition coefficient (Wildman–Crippen LogP) is 6.15. The number of nitrogens with one attached hydrogen (secondary N) is 1. The molecule has 1 N–H and O–H groups in total. The van der Waals surface area contributed by atoms with Crippen LogP contribution in [0.15, 0.2) is 77.7 Å². The van der Waals surface area contributed by atoms with Gasteiger partial charge in [0.1, 0.15) is 12.6 Å². The summed E-state index contributed by atoms with van der Waals surface area (Å²) in [6, 6.07) is 13.9. The molecule has 1 atom stereocenters. The summed E-state index contributed by atoms with van der Waals surface area (Å²) in [5, 5.41) is 3.26. The lowest BCUT2D eigenvalue weighted by Crippen LogP contribution is -2.52. The van der Waals surface area contributed by atoms with E-state index < -0.39 is 46.2 Å². The minimum absolute atomic E-state index is 0.205. The van der Waals surface area contributed by atoms with Crippen molar-refractivity contribution in [1.82, 2.24) is 10.2 Å². The van der Waals surface area contributed by atoms with Crippen molar-refractivity contribution in [1.29, 1.82) is 0 Å². The van der Waals surface area contributed by atoms with Crippen LogP contribution >= 0.6 is 23.2 Å². The second kappa shape index (κ2) is 13.1. The number of carbonyl (C=O) groups is 2. The largest absolute Gasteiger partial charge is 0.416 e. The van der Waals surface area contributed by atoms with E-state index in [0.29, 0.717) is 21.0 Å². The molecule has 7 nitrogen and oxygen atoms in total. The van der Waals surface area contributed by atoms with E-state index in [4.69, 9.17) is 23.2 Å². The van der Waals surface area contributed by atoms with Crippen LogP contribution in [0.1, 0.15) is 31.9 Å². The van der Waals surface area contributed by atoms with Gasteiger partial charge < -0.3 is 10.2 Å². The van der Waals surface area contributed by atoms with Crippen LogP contribution in [0.25, 0.3) is 0 Å². The number of rotatable bonds is 10. The Kier molecular flexibility index (Phi) is 10.3. The van der Waals surface area contributed by atoms with Gasteiger partial charge in [-0.05, 0) is 68.8 Å². The first kappa shape index (κ1) is 32.2. The van der Waals surface area contributed by atoms with Crippen molar-refractivity contribution in [2.45, 2.75) is 50.5 Å². The SMILES string of the molecule is CC(C)NC(=O)C(C)N(Cc1ccc(Cl)cc1Cl)C(=O)CN(c1cccc(C(F)(F)F)c1)S(=O)(=O)c1ccccc1. The smallest absolute Gasteiger partial charge is 0.352 e. The van der Waals surface area contributed by atoms with E-state index in [2.05, 4.69) is 5.32 Å². The first-order chi connectivity index (χ1) is 19.1. The molecule has 0 bridgehead atoms. The zero-order valence-corrected chi connectivity index (χ0v) is 24.7. The average molecular weight is 631 g/mol. The van der Waals surface area contributed by atoms with Crippen molar-refractivity contribution < 1.29 is 31.2 Å². The number of nitrogens with zero attached hydrogens (tertiary/aromatic N) is 2. The summed E-state index contributed by atoms with van der Waals surface area (Å²) in [5.41, 5.74) is -1.05. The maximum Gasteiger partial charge on any atom is 0.416 e. The van der Waals surface area contributed by atoms with Gasteiger partial charge in [-0.3, -0.25) is 13.9 Å². The second-order valence-corrected chi connectivity index (χ2v) is 12.2. The fourth-order valence-corrected chi connectivity index (χ4v) is 5.80. The summed E-state index contributed by atoms with van der Waals surface area (Å²) in [7, 11) is -4.52. The molecule has 220 valence electrons. The Balaban J connectivity index is 2.10. The normalized spacial score (nSPS) is 12.6. The molecule has 0 heterocycles. The highest BCUT2D eigenvalue weighted by atomic mass is 35.5. The Morgan fingerprint density at radius 1 is 0.927 bits per heavy atom. The van der Waals surface area contributed by atoms with Crippen LogP contribution in [0.5, 0.6) is 0 Å². The molecule has 0 saturated heterocycles. The molecule has 1 unspecified atom stereocenters. The Labute approximate surface area is 246 Å². The first-order valence-corrected chi connectivity index (χ1v) is 14.6. The molecule has 0 radical (unpaired) electrons. The predicted molar refractivity (Wildman–Crippen MR) is 152 cm³/mol. The molecule has 3 rings (SSSR count). The fraction of sp³-hybridized carbons (Fsp3) is 0.286. The number of sulfonamides is 1. The molecular weight excluding hydrogens is 602 g/mol. The van der Waals surface area contributed by atoms with E-state index in [0.717, 1.165) is 23.1 Å². The van der Waals surface area contributed by atoms with Gasteiger partial charge in [0.25, 0.3) is 10.0 Å². The number of benzene rings is 3. The summed E-state index contributed by atoms with van der Waals surface area (Å²) in [5.74, 6) is -1.37. The van der Waals surface area contributed by atoms with Crippen molar-refractivity contribution in [3.8, 4) is 0 Å². The van der Waals surface area contributed by atoms with Gasteiger partial charge in [0.15, 0.2) is 0 Å². The maximum atomic E-state index is 13.8. The fourth-order valence-electron chi connectivity index (χ4n) is 3.91. The zero-order chi connectivity index (χ0) is 30.5. The zero-order valence-electron chi connectivity index (χ0n) is 22.3. The first-order valence-electron chi connectivity index (χ1n) is 12.4. The molecular formula is C28H28Cl2F3N3O4S. The summed E-state index contributed by atoms with van der Waals surface area (Å²) in [4.78, 5) is 27.7. The second-order valence-electron chi connectivity index (χ2n) is 9.47. The molecule has 0 saturated carbocycles. The lowest BCUT2D eigenvalue weighted by atomic mass is 10.1. The maximum absolute atomic E-state index is 13.8. The summed E-state index contributed by atoms with van der Waals surface area (Å²) in [6.07, 6.45) is -4.76. The Hall–Kier alpha value is -3.28. The average Bonchev–Trinajstić information content (AvgIpc) is 2.90. The molecule has 3 aromatic carbocycles.